The Balaban J connectivity index is 2.21. The normalized spacial score (nSPS) is 13.2. The predicted octanol–water partition coefficient (Wildman–Crippen LogP) is 5.86. The molecule has 0 aliphatic rings. The molecule has 1 aromatic heterocycles. The van der Waals surface area contributed by atoms with Gasteiger partial charge in [-0.3, -0.25) is 0 Å². The lowest BCUT2D eigenvalue weighted by atomic mass is 10.1. The van der Waals surface area contributed by atoms with E-state index >= 15 is 0 Å². The molecule has 2 rings (SSSR count). The Bertz CT molecular complexity index is 578. The zero-order valence-corrected chi connectivity index (χ0v) is 12.2. The van der Waals surface area contributed by atoms with Crippen LogP contribution in [0.2, 0.25) is 0 Å². The van der Waals surface area contributed by atoms with Crippen LogP contribution in [0.5, 0.6) is 0 Å². The van der Waals surface area contributed by atoms with E-state index in [0.717, 1.165) is 29.9 Å². The lowest BCUT2D eigenvalue weighted by Crippen LogP contribution is -2.12. The van der Waals surface area contributed by atoms with Crippen LogP contribution in [0.3, 0.4) is 0 Å². The van der Waals surface area contributed by atoms with Crippen LogP contribution in [-0.4, -0.2) is 0 Å². The summed E-state index contributed by atoms with van der Waals surface area (Å²) in [7, 11) is 0. The van der Waals surface area contributed by atoms with Crippen molar-refractivity contribution in [3.05, 3.63) is 52.0 Å². The second-order valence-electron chi connectivity index (χ2n) is 4.69. The fourth-order valence-corrected chi connectivity index (χ4v) is 2.87. The molecule has 21 heavy (non-hydrogen) atoms. The minimum absolute atomic E-state index is 0.0925. The molecule has 0 amide bonds. The molecule has 1 atom stereocenters. The van der Waals surface area contributed by atoms with Gasteiger partial charge in [-0.05, 0) is 36.1 Å². The number of hydrogen-bond acceptors (Lipinski definition) is 2. The summed E-state index contributed by atoms with van der Waals surface area (Å²) in [6.45, 7) is 2.01. The van der Waals surface area contributed by atoms with Crippen molar-refractivity contribution in [3.63, 3.8) is 0 Å². The van der Waals surface area contributed by atoms with Crippen molar-refractivity contribution in [2.45, 2.75) is 32.0 Å². The van der Waals surface area contributed by atoms with Crippen LogP contribution in [-0.2, 0) is 6.18 Å². The molecule has 1 nitrogen and oxygen atoms in total. The second-order valence-corrected chi connectivity index (χ2v) is 5.67. The summed E-state index contributed by atoms with van der Waals surface area (Å²) in [5.41, 5.74) is -0.886. The van der Waals surface area contributed by atoms with Crippen LogP contribution < -0.4 is 5.32 Å². The number of anilines is 1. The van der Waals surface area contributed by atoms with Crippen molar-refractivity contribution < 1.29 is 17.6 Å². The Morgan fingerprint density at radius 1 is 1.24 bits per heavy atom. The molecule has 6 heteroatoms. The first-order valence-electron chi connectivity index (χ1n) is 6.58. The maximum atomic E-state index is 13.9. The lowest BCUT2D eigenvalue weighted by molar-refractivity contribution is -0.137. The number of nitrogens with one attached hydrogen (secondary N) is 1. The first-order chi connectivity index (χ1) is 9.91. The summed E-state index contributed by atoms with van der Waals surface area (Å²) in [5.74, 6) is -0.887. The average Bonchev–Trinajstić information content (AvgIpc) is 2.93. The highest BCUT2D eigenvalue weighted by Gasteiger charge is 2.31. The molecular formula is C15H15F4NS. The van der Waals surface area contributed by atoms with Crippen LogP contribution in [0.4, 0.5) is 23.2 Å². The van der Waals surface area contributed by atoms with Crippen LogP contribution >= 0.6 is 11.3 Å². The van der Waals surface area contributed by atoms with Gasteiger partial charge in [0.15, 0.2) is 0 Å². The summed E-state index contributed by atoms with van der Waals surface area (Å²) < 4.78 is 51.4. The van der Waals surface area contributed by atoms with Gasteiger partial charge in [0.05, 0.1) is 17.3 Å². The zero-order chi connectivity index (χ0) is 15.5. The molecule has 0 aliphatic carbocycles. The van der Waals surface area contributed by atoms with E-state index in [9.17, 15) is 17.6 Å². The number of alkyl halides is 3. The van der Waals surface area contributed by atoms with Crippen LogP contribution in [0, 0.1) is 5.82 Å². The van der Waals surface area contributed by atoms with Gasteiger partial charge in [0.25, 0.3) is 0 Å². The molecule has 0 bridgehead atoms. The third-order valence-corrected chi connectivity index (χ3v) is 4.08. The van der Waals surface area contributed by atoms with Gasteiger partial charge in [0.1, 0.15) is 5.82 Å². The van der Waals surface area contributed by atoms with Crippen molar-refractivity contribution in [1.82, 2.24) is 0 Å². The van der Waals surface area contributed by atoms with Crippen LogP contribution in [0.15, 0.2) is 35.7 Å². The fourth-order valence-electron chi connectivity index (χ4n) is 2.06. The molecule has 1 unspecified atom stereocenters. The van der Waals surface area contributed by atoms with Gasteiger partial charge < -0.3 is 5.32 Å². The molecule has 0 fully saturated rings. The molecule has 0 aliphatic heterocycles. The Kier molecular flexibility index (Phi) is 4.88. The standard InChI is InChI=1S/C15H15F4NS/c1-2-4-13(14-5-3-8-21-14)20-12-7-6-10(9-11(12)16)15(17,18)19/h3,5-9,13,20H,2,4H2,1H3. The minimum atomic E-state index is -4.53. The number of rotatable bonds is 5. The van der Waals surface area contributed by atoms with E-state index in [1.165, 1.54) is 11.3 Å². The maximum Gasteiger partial charge on any atom is 0.416 e. The minimum Gasteiger partial charge on any atom is -0.375 e. The van der Waals surface area contributed by atoms with Crippen molar-refractivity contribution in [3.8, 4) is 0 Å². The Morgan fingerprint density at radius 2 is 2.00 bits per heavy atom. The molecule has 0 saturated carbocycles. The quantitative estimate of drug-likeness (QED) is 0.681. The predicted molar refractivity (Wildman–Crippen MR) is 77.0 cm³/mol. The first-order valence-corrected chi connectivity index (χ1v) is 7.46. The zero-order valence-electron chi connectivity index (χ0n) is 11.4. The third-order valence-electron chi connectivity index (χ3n) is 3.09. The largest absolute Gasteiger partial charge is 0.416 e. The van der Waals surface area contributed by atoms with Gasteiger partial charge in [-0.2, -0.15) is 13.2 Å². The Morgan fingerprint density at radius 3 is 2.52 bits per heavy atom. The molecule has 114 valence electrons. The summed E-state index contributed by atoms with van der Waals surface area (Å²) in [4.78, 5) is 1.04. The van der Waals surface area contributed by atoms with Gasteiger partial charge in [-0.1, -0.05) is 19.4 Å². The molecule has 0 saturated heterocycles. The fraction of sp³-hybridized carbons (Fsp3) is 0.333. The van der Waals surface area contributed by atoms with E-state index in [1.807, 2.05) is 24.4 Å². The molecule has 1 heterocycles. The van der Waals surface area contributed by atoms with Gasteiger partial charge in [0.2, 0.25) is 0 Å². The SMILES string of the molecule is CCCC(Nc1ccc(C(F)(F)F)cc1F)c1cccs1. The molecule has 0 radical (unpaired) electrons. The Labute approximate surface area is 124 Å². The average molecular weight is 317 g/mol. The van der Waals surface area contributed by atoms with Crippen molar-refractivity contribution in [2.75, 3.05) is 5.32 Å². The van der Waals surface area contributed by atoms with E-state index < -0.39 is 17.6 Å². The van der Waals surface area contributed by atoms with Crippen molar-refractivity contribution >= 4 is 17.0 Å². The molecule has 1 aromatic carbocycles. The first kappa shape index (κ1) is 15.8. The monoisotopic (exact) mass is 317 g/mol. The van der Waals surface area contributed by atoms with Gasteiger partial charge in [0, 0.05) is 4.88 Å². The Hall–Kier alpha value is -1.56. The van der Waals surface area contributed by atoms with E-state index in [-0.39, 0.29) is 11.7 Å². The molecule has 2 aromatic rings. The van der Waals surface area contributed by atoms with Gasteiger partial charge in [-0.15, -0.1) is 11.3 Å². The molecule has 1 N–H and O–H groups in total. The maximum absolute atomic E-state index is 13.9. The van der Waals surface area contributed by atoms with Crippen molar-refractivity contribution in [1.29, 1.82) is 0 Å². The van der Waals surface area contributed by atoms with Gasteiger partial charge >= 0.3 is 6.18 Å². The van der Waals surface area contributed by atoms with E-state index in [2.05, 4.69) is 5.32 Å². The summed E-state index contributed by atoms with van der Waals surface area (Å²) in [6, 6.07) is 6.30. The highest BCUT2D eigenvalue weighted by molar-refractivity contribution is 7.10. The molecular weight excluding hydrogens is 302 g/mol. The third kappa shape index (κ3) is 3.97. The molecule has 0 spiro atoms. The van der Waals surface area contributed by atoms with E-state index in [4.69, 9.17) is 0 Å². The van der Waals surface area contributed by atoms with Crippen molar-refractivity contribution in [2.24, 2.45) is 0 Å². The van der Waals surface area contributed by atoms with E-state index in [0.29, 0.717) is 6.07 Å². The number of halogens is 4. The summed E-state index contributed by atoms with van der Waals surface area (Å²) in [5, 5.41) is 4.92. The van der Waals surface area contributed by atoms with Crippen LogP contribution in [0.25, 0.3) is 0 Å². The number of benzene rings is 1. The highest BCUT2D eigenvalue weighted by atomic mass is 32.1. The topological polar surface area (TPSA) is 12.0 Å². The smallest absolute Gasteiger partial charge is 0.375 e. The summed E-state index contributed by atoms with van der Waals surface area (Å²) in [6.07, 6.45) is -2.87. The summed E-state index contributed by atoms with van der Waals surface area (Å²) >= 11 is 1.54. The number of thiophene rings is 1. The van der Waals surface area contributed by atoms with E-state index in [1.54, 1.807) is 0 Å². The highest BCUT2D eigenvalue weighted by Crippen LogP contribution is 2.33. The van der Waals surface area contributed by atoms with Gasteiger partial charge in [-0.25, -0.2) is 4.39 Å². The number of hydrogen-bond donors (Lipinski definition) is 1. The van der Waals surface area contributed by atoms with Crippen LogP contribution in [0.1, 0.15) is 36.2 Å². The second kappa shape index (κ2) is 6.47. The lowest BCUT2D eigenvalue weighted by Gasteiger charge is -2.19.